The molecular formula is C21H32N2O6. The van der Waals surface area contributed by atoms with E-state index < -0.39 is 34.6 Å². The maximum Gasteiger partial charge on any atom is 0.413 e. The van der Waals surface area contributed by atoms with E-state index >= 15 is 0 Å². The van der Waals surface area contributed by atoms with E-state index in [-0.39, 0.29) is 18.8 Å². The number of anilines is 1. The molecule has 0 spiro atoms. The Bertz CT molecular complexity index is 731. The van der Waals surface area contributed by atoms with Gasteiger partial charge in [0.15, 0.2) is 5.41 Å². The van der Waals surface area contributed by atoms with Crippen molar-refractivity contribution < 1.29 is 28.6 Å². The average Bonchev–Trinajstić information content (AvgIpc) is 2.53. The first-order chi connectivity index (χ1) is 13.2. The fourth-order valence-electron chi connectivity index (χ4n) is 2.33. The Morgan fingerprint density at radius 2 is 1.52 bits per heavy atom. The molecule has 1 aromatic rings. The molecule has 0 saturated heterocycles. The minimum absolute atomic E-state index is 0.0421. The van der Waals surface area contributed by atoms with Gasteiger partial charge in [-0.3, -0.25) is 14.9 Å². The fourth-order valence-corrected chi connectivity index (χ4v) is 2.33. The van der Waals surface area contributed by atoms with Gasteiger partial charge in [-0.25, -0.2) is 9.78 Å². The molecule has 0 aliphatic rings. The van der Waals surface area contributed by atoms with Crippen LogP contribution in [0.2, 0.25) is 0 Å². The lowest BCUT2D eigenvalue weighted by atomic mass is 9.83. The van der Waals surface area contributed by atoms with Crippen LogP contribution in [0.1, 0.15) is 61.0 Å². The number of carbonyl (C=O) groups is 3. The third-order valence-electron chi connectivity index (χ3n) is 3.59. The van der Waals surface area contributed by atoms with Gasteiger partial charge < -0.3 is 14.2 Å². The minimum Gasteiger partial charge on any atom is -0.465 e. The largest absolute Gasteiger partial charge is 0.465 e. The number of hydrogen-bond donors (Lipinski definition) is 1. The second-order valence-corrected chi connectivity index (χ2v) is 8.91. The molecule has 1 aromatic heterocycles. The maximum absolute atomic E-state index is 12.7. The molecule has 1 heterocycles. The molecular weight excluding hydrogens is 376 g/mol. The Balaban J connectivity index is 2.98. The summed E-state index contributed by atoms with van der Waals surface area (Å²) in [5.74, 6) is -1.04. The van der Waals surface area contributed by atoms with Crippen molar-refractivity contribution in [3.8, 4) is 0 Å². The van der Waals surface area contributed by atoms with Gasteiger partial charge in [0.1, 0.15) is 17.0 Å². The van der Waals surface area contributed by atoms with Crippen LogP contribution >= 0.6 is 0 Å². The molecule has 0 bridgehead atoms. The molecule has 0 unspecified atom stereocenters. The first kappa shape index (κ1) is 24.4. The summed E-state index contributed by atoms with van der Waals surface area (Å²) in [5, 5.41) is 2.53. The van der Waals surface area contributed by atoms with Crippen LogP contribution in [-0.2, 0) is 30.2 Å². The van der Waals surface area contributed by atoms with Crippen LogP contribution in [0.25, 0.3) is 0 Å². The molecule has 162 valence electrons. The summed E-state index contributed by atoms with van der Waals surface area (Å²) < 4.78 is 15.7. The summed E-state index contributed by atoms with van der Waals surface area (Å²) in [6, 6.07) is 3.24. The zero-order chi connectivity index (χ0) is 22.5. The van der Waals surface area contributed by atoms with Gasteiger partial charge in [-0.2, -0.15) is 0 Å². The van der Waals surface area contributed by atoms with Gasteiger partial charge in [0.25, 0.3) is 0 Å². The van der Waals surface area contributed by atoms with E-state index in [2.05, 4.69) is 10.3 Å². The first-order valence-electron chi connectivity index (χ1n) is 9.52. The third kappa shape index (κ3) is 8.09. The average molecular weight is 408 g/mol. The zero-order valence-electron chi connectivity index (χ0n) is 18.5. The predicted octanol–water partition coefficient (Wildman–Crippen LogP) is 3.88. The Morgan fingerprint density at radius 1 is 0.931 bits per heavy atom. The number of hydrogen-bond acceptors (Lipinski definition) is 7. The standard InChI is InChI=1S/C21H32N2O6/c1-9-27-16(24)21(8,17(25)28-19(2,3)4)12-14-10-11-15(22-13-14)23-18(26)29-20(5,6)7/h10-11,13H,9,12H2,1-8H3,(H,22,23,26)/t21-/m1/s1. The van der Waals surface area contributed by atoms with Gasteiger partial charge in [-0.05, 0) is 67.0 Å². The number of aromatic nitrogens is 1. The molecule has 0 aliphatic heterocycles. The van der Waals surface area contributed by atoms with E-state index in [9.17, 15) is 14.4 Å². The predicted molar refractivity (Wildman–Crippen MR) is 108 cm³/mol. The molecule has 8 heteroatoms. The van der Waals surface area contributed by atoms with Crippen LogP contribution in [0.15, 0.2) is 18.3 Å². The Kier molecular flexibility index (Phi) is 7.77. The molecule has 1 atom stereocenters. The van der Waals surface area contributed by atoms with Crippen LogP contribution in [0.5, 0.6) is 0 Å². The van der Waals surface area contributed by atoms with Crippen molar-refractivity contribution in [2.24, 2.45) is 5.41 Å². The second-order valence-electron chi connectivity index (χ2n) is 8.91. The number of esters is 2. The molecule has 0 fully saturated rings. The van der Waals surface area contributed by atoms with Gasteiger partial charge in [0.2, 0.25) is 0 Å². The third-order valence-corrected chi connectivity index (χ3v) is 3.59. The Labute approximate surface area is 172 Å². The summed E-state index contributed by atoms with van der Waals surface area (Å²) in [4.78, 5) is 41.2. The summed E-state index contributed by atoms with van der Waals surface area (Å²) in [7, 11) is 0. The zero-order valence-corrected chi connectivity index (χ0v) is 18.5. The van der Waals surface area contributed by atoms with E-state index in [1.165, 1.54) is 13.1 Å². The van der Waals surface area contributed by atoms with Crippen LogP contribution in [-0.4, -0.2) is 40.8 Å². The topological polar surface area (TPSA) is 104 Å². The fraction of sp³-hybridized carbons (Fsp3) is 0.619. The number of nitrogens with zero attached hydrogens (tertiary/aromatic N) is 1. The maximum atomic E-state index is 12.7. The van der Waals surface area contributed by atoms with Crippen LogP contribution in [0, 0.1) is 5.41 Å². The summed E-state index contributed by atoms with van der Waals surface area (Å²) in [5.41, 5.74) is -2.28. The van der Waals surface area contributed by atoms with Gasteiger partial charge in [-0.15, -0.1) is 0 Å². The van der Waals surface area contributed by atoms with Crippen molar-refractivity contribution in [2.45, 2.75) is 73.0 Å². The molecule has 0 radical (unpaired) electrons. The molecule has 1 N–H and O–H groups in total. The van der Waals surface area contributed by atoms with Crippen molar-refractivity contribution in [3.05, 3.63) is 23.9 Å². The van der Waals surface area contributed by atoms with Crippen molar-refractivity contribution in [1.29, 1.82) is 0 Å². The van der Waals surface area contributed by atoms with Crippen molar-refractivity contribution in [3.63, 3.8) is 0 Å². The summed E-state index contributed by atoms with van der Waals surface area (Å²) in [6.45, 7) is 13.8. The van der Waals surface area contributed by atoms with Gasteiger partial charge in [-0.1, -0.05) is 6.07 Å². The second kappa shape index (κ2) is 9.24. The highest BCUT2D eigenvalue weighted by Gasteiger charge is 2.45. The van der Waals surface area contributed by atoms with Crippen molar-refractivity contribution in [2.75, 3.05) is 11.9 Å². The molecule has 1 amide bonds. The lowest BCUT2D eigenvalue weighted by Crippen LogP contribution is -2.44. The number of pyridine rings is 1. The monoisotopic (exact) mass is 408 g/mol. The molecule has 0 aromatic carbocycles. The van der Waals surface area contributed by atoms with Crippen molar-refractivity contribution in [1.82, 2.24) is 4.98 Å². The van der Waals surface area contributed by atoms with Crippen molar-refractivity contribution >= 4 is 23.8 Å². The van der Waals surface area contributed by atoms with Gasteiger partial charge >= 0.3 is 18.0 Å². The van der Waals surface area contributed by atoms with Crippen LogP contribution in [0.4, 0.5) is 10.6 Å². The normalized spacial score (nSPS) is 13.8. The summed E-state index contributed by atoms with van der Waals surface area (Å²) >= 11 is 0. The van der Waals surface area contributed by atoms with E-state index in [0.29, 0.717) is 5.56 Å². The number of ether oxygens (including phenoxy) is 3. The Morgan fingerprint density at radius 3 is 1.97 bits per heavy atom. The van der Waals surface area contributed by atoms with E-state index in [1.807, 2.05) is 0 Å². The number of nitrogens with one attached hydrogen (secondary N) is 1. The van der Waals surface area contributed by atoms with Gasteiger partial charge in [0, 0.05) is 12.6 Å². The highest BCUT2D eigenvalue weighted by Crippen LogP contribution is 2.29. The SMILES string of the molecule is CCOC(=O)[C@@](C)(Cc1ccc(NC(=O)OC(C)(C)C)nc1)C(=O)OC(C)(C)C. The summed E-state index contributed by atoms with van der Waals surface area (Å²) in [6.07, 6.45) is 0.900. The smallest absolute Gasteiger partial charge is 0.413 e. The molecule has 0 aliphatic carbocycles. The van der Waals surface area contributed by atoms with Crippen LogP contribution in [0.3, 0.4) is 0 Å². The quantitative estimate of drug-likeness (QED) is 0.433. The molecule has 1 rings (SSSR count). The molecule has 0 saturated carbocycles. The molecule has 29 heavy (non-hydrogen) atoms. The highest BCUT2D eigenvalue weighted by molar-refractivity contribution is 6.00. The minimum atomic E-state index is -1.52. The van der Waals surface area contributed by atoms with Gasteiger partial charge in [0.05, 0.1) is 6.61 Å². The number of carbonyl (C=O) groups excluding carboxylic acids is 3. The number of rotatable bonds is 6. The Hall–Kier alpha value is -2.64. The lowest BCUT2D eigenvalue weighted by Gasteiger charge is -2.29. The van der Waals surface area contributed by atoms with E-state index in [4.69, 9.17) is 14.2 Å². The molecule has 8 nitrogen and oxygen atoms in total. The highest BCUT2D eigenvalue weighted by atomic mass is 16.6. The van der Waals surface area contributed by atoms with E-state index in [1.54, 1.807) is 60.6 Å². The first-order valence-corrected chi connectivity index (χ1v) is 9.52. The van der Waals surface area contributed by atoms with E-state index in [0.717, 1.165) is 0 Å². The lowest BCUT2D eigenvalue weighted by molar-refractivity contribution is -0.178. The van der Waals surface area contributed by atoms with Crippen LogP contribution < -0.4 is 5.32 Å². The number of amides is 1.